The van der Waals surface area contributed by atoms with E-state index < -0.39 is 7.60 Å². The van der Waals surface area contributed by atoms with Crippen LogP contribution in [0.3, 0.4) is 0 Å². The second-order valence-electron chi connectivity index (χ2n) is 6.90. The summed E-state index contributed by atoms with van der Waals surface area (Å²) in [6.45, 7) is 4.26. The molecule has 7 nitrogen and oxygen atoms in total. The molecule has 0 fully saturated rings. The van der Waals surface area contributed by atoms with Gasteiger partial charge < -0.3 is 18.8 Å². The van der Waals surface area contributed by atoms with Crippen molar-refractivity contribution in [1.29, 1.82) is 0 Å². The second-order valence-corrected chi connectivity index (χ2v) is 9.30. The molecule has 0 amide bonds. The molecule has 2 heterocycles. The number of nitrogens with one attached hydrogen (secondary N) is 1. The van der Waals surface area contributed by atoms with Crippen molar-refractivity contribution >= 4 is 41.1 Å². The zero-order chi connectivity index (χ0) is 22.0. The number of fused-ring (bicyclic) bond motifs is 3. The maximum atomic E-state index is 12.8. The SMILES string of the molecule is CCOP(=O)(Cc1ccc(-c2nc(Cl)nc3c2[nH]c2cc(OC)ccc23)cc1)OCC. The van der Waals surface area contributed by atoms with Gasteiger partial charge in [-0.2, -0.15) is 0 Å². The van der Waals surface area contributed by atoms with Crippen LogP contribution in [0.4, 0.5) is 0 Å². The number of benzene rings is 2. The first-order chi connectivity index (χ1) is 15.0. The molecule has 9 heteroatoms. The highest BCUT2D eigenvalue weighted by atomic mass is 35.5. The van der Waals surface area contributed by atoms with Crippen LogP contribution in [-0.4, -0.2) is 35.3 Å². The summed E-state index contributed by atoms with van der Waals surface area (Å²) in [5, 5.41) is 1.10. The van der Waals surface area contributed by atoms with Crippen molar-refractivity contribution in [2.45, 2.75) is 20.0 Å². The molecule has 0 bridgehead atoms. The number of halogens is 1. The number of aromatic amines is 1. The van der Waals surface area contributed by atoms with E-state index in [0.29, 0.717) is 18.9 Å². The standard InChI is InChI=1S/C22H23ClN3O4P/c1-4-29-31(27,30-5-2)13-14-6-8-15(9-7-14)19-21-20(26-22(23)25-19)17-11-10-16(28-3)12-18(17)24-21/h6-12,24H,4-5,13H2,1-3H3. The van der Waals surface area contributed by atoms with Gasteiger partial charge in [0.1, 0.15) is 11.3 Å². The molecule has 0 saturated heterocycles. The molecule has 2 aromatic carbocycles. The van der Waals surface area contributed by atoms with Crippen LogP contribution in [0.1, 0.15) is 19.4 Å². The Balaban J connectivity index is 1.74. The van der Waals surface area contributed by atoms with Crippen molar-refractivity contribution in [3.63, 3.8) is 0 Å². The minimum atomic E-state index is -3.17. The van der Waals surface area contributed by atoms with Crippen LogP contribution in [0.2, 0.25) is 5.28 Å². The van der Waals surface area contributed by atoms with Gasteiger partial charge in [0.05, 0.1) is 43.2 Å². The third-order valence-corrected chi connectivity index (χ3v) is 7.10. The number of methoxy groups -OCH3 is 1. The smallest absolute Gasteiger partial charge is 0.335 e. The first-order valence-electron chi connectivity index (χ1n) is 9.96. The van der Waals surface area contributed by atoms with Crippen molar-refractivity contribution in [3.8, 4) is 17.0 Å². The molecule has 0 aliphatic carbocycles. The Labute approximate surface area is 185 Å². The van der Waals surface area contributed by atoms with Crippen LogP contribution in [0, 0.1) is 0 Å². The number of aromatic nitrogens is 3. The van der Waals surface area contributed by atoms with Gasteiger partial charge in [0, 0.05) is 17.0 Å². The fraction of sp³-hybridized carbons (Fsp3) is 0.273. The molecular formula is C22H23ClN3O4P. The van der Waals surface area contributed by atoms with Gasteiger partial charge in [-0.1, -0.05) is 24.3 Å². The number of hydrogen-bond donors (Lipinski definition) is 1. The van der Waals surface area contributed by atoms with Crippen molar-refractivity contribution in [3.05, 3.63) is 53.3 Å². The van der Waals surface area contributed by atoms with Gasteiger partial charge in [0.15, 0.2) is 0 Å². The largest absolute Gasteiger partial charge is 0.497 e. The predicted molar refractivity (Wildman–Crippen MR) is 123 cm³/mol. The molecule has 162 valence electrons. The average molecular weight is 460 g/mol. The molecule has 4 aromatic rings. The van der Waals surface area contributed by atoms with Crippen molar-refractivity contribution < 1.29 is 18.3 Å². The first kappa shape index (κ1) is 21.8. The molecule has 0 radical (unpaired) electrons. The summed E-state index contributed by atoms with van der Waals surface area (Å²) in [5.41, 5.74) is 4.82. The minimum absolute atomic E-state index is 0.167. The van der Waals surface area contributed by atoms with Crippen LogP contribution >= 0.6 is 19.2 Å². The van der Waals surface area contributed by atoms with Gasteiger partial charge in [0.25, 0.3) is 0 Å². The molecule has 31 heavy (non-hydrogen) atoms. The molecule has 0 unspecified atom stereocenters. The Morgan fingerprint density at radius 2 is 1.74 bits per heavy atom. The molecule has 0 aliphatic rings. The highest BCUT2D eigenvalue weighted by Crippen LogP contribution is 2.51. The van der Waals surface area contributed by atoms with E-state index in [1.165, 1.54) is 0 Å². The lowest BCUT2D eigenvalue weighted by Gasteiger charge is -2.17. The Morgan fingerprint density at radius 3 is 2.39 bits per heavy atom. The van der Waals surface area contributed by atoms with E-state index in [2.05, 4.69) is 15.0 Å². The Morgan fingerprint density at radius 1 is 1.03 bits per heavy atom. The summed E-state index contributed by atoms with van der Waals surface area (Å²) < 4.78 is 28.9. The Bertz CT molecular complexity index is 1260. The van der Waals surface area contributed by atoms with E-state index in [9.17, 15) is 4.57 Å². The number of rotatable bonds is 8. The zero-order valence-corrected chi connectivity index (χ0v) is 19.2. The van der Waals surface area contributed by atoms with Gasteiger partial charge in [-0.25, -0.2) is 9.97 Å². The van der Waals surface area contributed by atoms with Crippen LogP contribution in [-0.2, 0) is 19.8 Å². The van der Waals surface area contributed by atoms with E-state index in [1.54, 1.807) is 21.0 Å². The molecule has 0 saturated carbocycles. The van der Waals surface area contributed by atoms with Crippen molar-refractivity contribution in [2.75, 3.05) is 20.3 Å². The lowest BCUT2D eigenvalue weighted by molar-refractivity contribution is 0.219. The fourth-order valence-corrected chi connectivity index (χ4v) is 5.44. The maximum Gasteiger partial charge on any atom is 0.335 e. The highest BCUT2D eigenvalue weighted by molar-refractivity contribution is 7.53. The summed E-state index contributed by atoms with van der Waals surface area (Å²) in [5.74, 6) is 0.747. The first-order valence-corrected chi connectivity index (χ1v) is 12.1. The molecule has 0 aliphatic heterocycles. The molecular weight excluding hydrogens is 437 g/mol. The van der Waals surface area contributed by atoms with E-state index in [-0.39, 0.29) is 11.4 Å². The van der Waals surface area contributed by atoms with Gasteiger partial charge in [0.2, 0.25) is 5.28 Å². The topological polar surface area (TPSA) is 86.3 Å². The number of nitrogens with zero attached hydrogens (tertiary/aromatic N) is 2. The molecule has 4 rings (SSSR count). The summed E-state index contributed by atoms with van der Waals surface area (Å²) in [6.07, 6.45) is 0.209. The normalized spacial score (nSPS) is 12.0. The predicted octanol–water partition coefficient (Wildman–Crippen LogP) is 6.21. The van der Waals surface area contributed by atoms with Crippen molar-refractivity contribution in [1.82, 2.24) is 15.0 Å². The Kier molecular flexibility index (Phi) is 6.30. The Hall–Kier alpha value is -2.44. The van der Waals surface area contributed by atoms with E-state index in [1.807, 2.05) is 42.5 Å². The fourth-order valence-electron chi connectivity index (χ4n) is 3.56. The quantitative estimate of drug-likeness (QED) is 0.249. The van der Waals surface area contributed by atoms with Crippen LogP contribution in [0.5, 0.6) is 5.75 Å². The van der Waals surface area contributed by atoms with E-state index in [0.717, 1.165) is 38.8 Å². The molecule has 0 atom stereocenters. The summed E-state index contributed by atoms with van der Waals surface area (Å²) in [4.78, 5) is 12.3. The molecule has 2 aromatic heterocycles. The number of hydrogen-bond acceptors (Lipinski definition) is 6. The second kappa shape index (κ2) is 8.97. The highest BCUT2D eigenvalue weighted by Gasteiger charge is 2.24. The third-order valence-electron chi connectivity index (χ3n) is 4.88. The van der Waals surface area contributed by atoms with Crippen molar-refractivity contribution in [2.24, 2.45) is 0 Å². The van der Waals surface area contributed by atoms with Crippen LogP contribution in [0.15, 0.2) is 42.5 Å². The maximum absolute atomic E-state index is 12.8. The van der Waals surface area contributed by atoms with Crippen LogP contribution < -0.4 is 4.74 Å². The summed E-state index contributed by atoms with van der Waals surface area (Å²) in [7, 11) is -1.54. The summed E-state index contributed by atoms with van der Waals surface area (Å²) in [6, 6.07) is 13.4. The molecule has 1 N–H and O–H groups in total. The van der Waals surface area contributed by atoms with Crippen LogP contribution in [0.25, 0.3) is 33.2 Å². The van der Waals surface area contributed by atoms with Gasteiger partial charge in [-0.05, 0) is 43.1 Å². The van der Waals surface area contributed by atoms with E-state index in [4.69, 9.17) is 25.4 Å². The lowest BCUT2D eigenvalue weighted by atomic mass is 10.1. The monoisotopic (exact) mass is 459 g/mol. The number of H-pyrrole nitrogens is 1. The number of ether oxygens (including phenoxy) is 1. The zero-order valence-electron chi connectivity index (χ0n) is 17.5. The van der Waals surface area contributed by atoms with Gasteiger partial charge in [-0.3, -0.25) is 4.57 Å². The van der Waals surface area contributed by atoms with Gasteiger partial charge >= 0.3 is 7.60 Å². The lowest BCUT2D eigenvalue weighted by Crippen LogP contribution is -1.99. The van der Waals surface area contributed by atoms with E-state index >= 15 is 0 Å². The third kappa shape index (κ3) is 4.46. The van der Waals surface area contributed by atoms with Gasteiger partial charge in [-0.15, -0.1) is 0 Å². The molecule has 0 spiro atoms. The average Bonchev–Trinajstić information content (AvgIpc) is 3.11. The minimum Gasteiger partial charge on any atom is -0.497 e. The summed E-state index contributed by atoms with van der Waals surface area (Å²) >= 11 is 6.25.